The molecule has 0 bridgehead atoms. The van der Waals surface area contributed by atoms with Gasteiger partial charge < -0.3 is 14.8 Å². The minimum absolute atomic E-state index is 0.0331. The Balaban J connectivity index is 0.00000141. The summed E-state index contributed by atoms with van der Waals surface area (Å²) in [5.74, 6) is -0.0789. The van der Waals surface area contributed by atoms with Crippen molar-refractivity contribution in [2.45, 2.75) is 52.2 Å². The number of pyridine rings is 1. The molecule has 2 aliphatic rings. The summed E-state index contributed by atoms with van der Waals surface area (Å²) in [7, 11) is 0. The quantitative estimate of drug-likeness (QED) is 0.435. The van der Waals surface area contributed by atoms with E-state index in [0.29, 0.717) is 29.8 Å². The zero-order chi connectivity index (χ0) is 25.4. The summed E-state index contributed by atoms with van der Waals surface area (Å²) in [5.41, 5.74) is 2.93. The molecule has 35 heavy (non-hydrogen) atoms. The second-order valence-electron chi connectivity index (χ2n) is 8.39. The third kappa shape index (κ3) is 4.73. The first-order chi connectivity index (χ1) is 16.7. The standard InChI is InChI=1S/C25H20F2N2O4.C2H6/c1-14-13-28-22(12-19(14)17-5-3-4-16(10-17)15(2)30)29-23(31)24(8-9-24)18-6-7-20-21(11-18)33-25(26,27)32-20;1-2/h3-7,10-13H,8-9H2,1-2H3,(H,28,29,31);1-2H3. The van der Waals surface area contributed by atoms with Gasteiger partial charge in [0.1, 0.15) is 5.82 Å². The molecule has 1 amide bonds. The number of ether oxygens (including phenoxy) is 2. The molecule has 8 heteroatoms. The van der Waals surface area contributed by atoms with Gasteiger partial charge >= 0.3 is 6.29 Å². The Morgan fingerprint density at radius 2 is 1.71 bits per heavy atom. The molecule has 0 spiro atoms. The fourth-order valence-electron chi connectivity index (χ4n) is 4.06. The molecule has 0 atom stereocenters. The van der Waals surface area contributed by atoms with E-state index < -0.39 is 11.7 Å². The molecule has 3 aromatic rings. The third-order valence-corrected chi connectivity index (χ3v) is 6.06. The Morgan fingerprint density at radius 3 is 2.40 bits per heavy atom. The summed E-state index contributed by atoms with van der Waals surface area (Å²) in [5, 5.41) is 2.86. The van der Waals surface area contributed by atoms with E-state index >= 15 is 0 Å². The van der Waals surface area contributed by atoms with E-state index in [1.165, 1.54) is 19.1 Å². The number of benzene rings is 2. The Labute approximate surface area is 202 Å². The van der Waals surface area contributed by atoms with Crippen LogP contribution in [-0.4, -0.2) is 23.0 Å². The van der Waals surface area contributed by atoms with Gasteiger partial charge in [-0.1, -0.05) is 38.1 Å². The first-order valence-corrected chi connectivity index (χ1v) is 11.5. The van der Waals surface area contributed by atoms with Crippen molar-refractivity contribution in [3.63, 3.8) is 0 Å². The molecule has 1 aromatic heterocycles. The van der Waals surface area contributed by atoms with Crippen LogP contribution >= 0.6 is 0 Å². The van der Waals surface area contributed by atoms with Crippen LogP contribution in [0.1, 0.15) is 55.1 Å². The van der Waals surface area contributed by atoms with Crippen molar-refractivity contribution in [2.75, 3.05) is 5.32 Å². The van der Waals surface area contributed by atoms with Crippen molar-refractivity contribution in [2.24, 2.45) is 0 Å². The van der Waals surface area contributed by atoms with Crippen LogP contribution in [0.4, 0.5) is 14.6 Å². The number of fused-ring (bicyclic) bond motifs is 1. The predicted molar refractivity (Wildman–Crippen MR) is 128 cm³/mol. The van der Waals surface area contributed by atoms with Gasteiger partial charge in [-0.3, -0.25) is 9.59 Å². The first-order valence-electron chi connectivity index (χ1n) is 11.5. The number of hydrogen-bond donors (Lipinski definition) is 1. The summed E-state index contributed by atoms with van der Waals surface area (Å²) in [6, 6.07) is 13.5. The number of Topliss-reactive ketones (excluding diaryl/α,β-unsaturated/α-hetero) is 1. The largest absolute Gasteiger partial charge is 0.586 e. The number of carbonyl (C=O) groups excluding carboxylic acids is 2. The fraction of sp³-hybridized carbons (Fsp3) is 0.296. The Hall–Kier alpha value is -3.81. The Kier molecular flexibility index (Phi) is 6.32. The van der Waals surface area contributed by atoms with Gasteiger partial charge in [0, 0.05) is 11.8 Å². The molecule has 1 saturated carbocycles. The third-order valence-electron chi connectivity index (χ3n) is 6.06. The van der Waals surface area contributed by atoms with Crippen LogP contribution in [0.25, 0.3) is 11.1 Å². The zero-order valence-electron chi connectivity index (χ0n) is 19.9. The molecule has 5 rings (SSSR count). The van der Waals surface area contributed by atoms with Gasteiger partial charge in [0.15, 0.2) is 17.3 Å². The van der Waals surface area contributed by atoms with Gasteiger partial charge in [0.05, 0.1) is 5.41 Å². The van der Waals surface area contributed by atoms with Crippen LogP contribution in [-0.2, 0) is 10.2 Å². The van der Waals surface area contributed by atoms with Crippen molar-refractivity contribution in [1.82, 2.24) is 4.98 Å². The minimum Gasteiger partial charge on any atom is -0.395 e. The van der Waals surface area contributed by atoms with Gasteiger partial charge in [0.2, 0.25) is 5.91 Å². The number of rotatable bonds is 5. The molecule has 1 N–H and O–H groups in total. The molecule has 0 unspecified atom stereocenters. The SMILES string of the molecule is CC.CC(=O)c1cccc(-c2cc(NC(=O)C3(c4ccc5c(c4)OC(F)(F)O5)CC3)ncc2C)c1. The fourth-order valence-corrected chi connectivity index (χ4v) is 4.06. The van der Waals surface area contributed by atoms with Gasteiger partial charge in [-0.25, -0.2) is 4.98 Å². The zero-order valence-corrected chi connectivity index (χ0v) is 19.9. The lowest BCUT2D eigenvalue weighted by Gasteiger charge is -2.17. The Morgan fingerprint density at radius 1 is 1.00 bits per heavy atom. The van der Waals surface area contributed by atoms with Gasteiger partial charge in [0.25, 0.3) is 0 Å². The van der Waals surface area contributed by atoms with Gasteiger partial charge in [-0.05, 0) is 73.2 Å². The lowest BCUT2D eigenvalue weighted by molar-refractivity contribution is -0.286. The smallest absolute Gasteiger partial charge is 0.395 e. The topological polar surface area (TPSA) is 77.5 Å². The van der Waals surface area contributed by atoms with E-state index in [1.54, 1.807) is 30.5 Å². The van der Waals surface area contributed by atoms with Crippen molar-refractivity contribution >= 4 is 17.5 Å². The molecule has 2 aromatic carbocycles. The number of amides is 1. The number of nitrogens with zero attached hydrogens (tertiary/aromatic N) is 1. The molecular weight excluding hydrogens is 454 g/mol. The number of aromatic nitrogens is 1. The van der Waals surface area contributed by atoms with E-state index in [-0.39, 0.29) is 23.2 Å². The molecule has 0 radical (unpaired) electrons. The van der Waals surface area contributed by atoms with Crippen LogP contribution in [0.15, 0.2) is 54.7 Å². The molecule has 182 valence electrons. The van der Waals surface area contributed by atoms with Crippen molar-refractivity contribution in [3.8, 4) is 22.6 Å². The number of anilines is 1. The monoisotopic (exact) mass is 480 g/mol. The van der Waals surface area contributed by atoms with E-state index in [4.69, 9.17) is 0 Å². The predicted octanol–water partition coefficient (Wildman–Crippen LogP) is 6.28. The second-order valence-corrected chi connectivity index (χ2v) is 8.39. The summed E-state index contributed by atoms with van der Waals surface area (Å²) in [6.45, 7) is 7.41. The van der Waals surface area contributed by atoms with Crippen LogP contribution in [0.2, 0.25) is 0 Å². The Bertz CT molecular complexity index is 1300. The molecule has 2 heterocycles. The maximum Gasteiger partial charge on any atom is 0.586 e. The van der Waals surface area contributed by atoms with Crippen LogP contribution < -0.4 is 14.8 Å². The number of ketones is 1. The minimum atomic E-state index is -3.71. The number of nitrogens with one attached hydrogen (secondary N) is 1. The van der Waals surface area contributed by atoms with Crippen LogP contribution in [0.3, 0.4) is 0 Å². The number of aryl methyl sites for hydroxylation is 1. The maximum atomic E-state index is 13.4. The lowest BCUT2D eigenvalue weighted by atomic mass is 9.94. The van der Waals surface area contributed by atoms with Crippen molar-refractivity contribution < 1.29 is 27.8 Å². The lowest BCUT2D eigenvalue weighted by Crippen LogP contribution is -2.28. The highest BCUT2D eigenvalue weighted by Crippen LogP contribution is 2.52. The highest BCUT2D eigenvalue weighted by molar-refractivity contribution is 6.01. The van der Waals surface area contributed by atoms with Crippen LogP contribution in [0, 0.1) is 6.92 Å². The molecule has 0 saturated heterocycles. The van der Waals surface area contributed by atoms with Crippen molar-refractivity contribution in [3.05, 3.63) is 71.4 Å². The summed E-state index contributed by atoms with van der Waals surface area (Å²) in [6.07, 6.45) is -0.891. The average Bonchev–Trinajstić information content (AvgIpc) is 3.58. The van der Waals surface area contributed by atoms with E-state index in [1.807, 2.05) is 32.9 Å². The number of halogens is 2. The van der Waals surface area contributed by atoms with Crippen LogP contribution in [0.5, 0.6) is 11.5 Å². The van der Waals surface area contributed by atoms with E-state index in [0.717, 1.165) is 16.7 Å². The van der Waals surface area contributed by atoms with Gasteiger partial charge in [-0.15, -0.1) is 8.78 Å². The first kappa shape index (κ1) is 24.3. The highest BCUT2D eigenvalue weighted by Gasteiger charge is 2.53. The molecule has 1 aliphatic heterocycles. The van der Waals surface area contributed by atoms with Crippen molar-refractivity contribution in [1.29, 1.82) is 0 Å². The normalized spacial score (nSPS) is 16.1. The van der Waals surface area contributed by atoms with E-state index in [9.17, 15) is 18.4 Å². The molecular formula is C27H26F2N2O4. The van der Waals surface area contributed by atoms with Gasteiger partial charge in [-0.2, -0.15) is 0 Å². The maximum absolute atomic E-state index is 13.4. The molecule has 6 nitrogen and oxygen atoms in total. The van der Waals surface area contributed by atoms with E-state index in [2.05, 4.69) is 19.8 Å². The summed E-state index contributed by atoms with van der Waals surface area (Å²) >= 11 is 0. The number of alkyl halides is 2. The number of carbonyl (C=O) groups is 2. The second kappa shape index (κ2) is 9.09. The average molecular weight is 481 g/mol. The highest BCUT2D eigenvalue weighted by atomic mass is 19.3. The molecule has 1 aliphatic carbocycles. The summed E-state index contributed by atoms with van der Waals surface area (Å²) < 4.78 is 35.7. The summed E-state index contributed by atoms with van der Waals surface area (Å²) in [4.78, 5) is 29.3. The number of hydrogen-bond acceptors (Lipinski definition) is 5. The molecule has 1 fully saturated rings.